The molecule has 1 aliphatic rings. The Balaban J connectivity index is 2.03. The Bertz CT molecular complexity index is 762. The Morgan fingerprint density at radius 2 is 2.00 bits per heavy atom. The number of carboxylic acid groups (broad SMARTS) is 1. The van der Waals surface area contributed by atoms with E-state index >= 15 is 0 Å². The lowest BCUT2D eigenvalue weighted by Crippen LogP contribution is -2.38. The van der Waals surface area contributed by atoms with E-state index in [1.54, 1.807) is 6.20 Å². The first-order valence-electron chi connectivity index (χ1n) is 8.80. The Kier molecular flexibility index (Phi) is 5.26. The van der Waals surface area contributed by atoms with Gasteiger partial charge in [0.15, 0.2) is 11.5 Å². The largest absolute Gasteiger partial charge is 0.490 e. The molecule has 1 fully saturated rings. The van der Waals surface area contributed by atoms with Gasteiger partial charge in [-0.3, -0.25) is 9.78 Å². The van der Waals surface area contributed by atoms with Gasteiger partial charge in [-0.05, 0) is 38.8 Å². The van der Waals surface area contributed by atoms with Crippen LogP contribution >= 0.6 is 0 Å². The number of hydrogen-bond acceptors (Lipinski definition) is 5. The minimum absolute atomic E-state index is 0.328. The second-order valence-electron chi connectivity index (χ2n) is 6.14. The van der Waals surface area contributed by atoms with Gasteiger partial charge in [-0.2, -0.15) is 0 Å². The van der Waals surface area contributed by atoms with Crippen molar-refractivity contribution in [3.63, 3.8) is 0 Å². The van der Waals surface area contributed by atoms with Crippen LogP contribution in [0, 0.1) is 5.92 Å². The predicted molar refractivity (Wildman–Crippen MR) is 96.7 cm³/mol. The molecule has 6 heteroatoms. The molecule has 0 amide bonds. The van der Waals surface area contributed by atoms with E-state index in [1.807, 2.05) is 32.0 Å². The number of hydrogen-bond donors (Lipinski definition) is 1. The van der Waals surface area contributed by atoms with Gasteiger partial charge < -0.3 is 19.5 Å². The summed E-state index contributed by atoms with van der Waals surface area (Å²) < 4.78 is 11.4. The van der Waals surface area contributed by atoms with Crippen LogP contribution in [0.5, 0.6) is 11.5 Å². The van der Waals surface area contributed by atoms with E-state index in [4.69, 9.17) is 9.47 Å². The lowest BCUT2D eigenvalue weighted by atomic mass is 9.97. The summed E-state index contributed by atoms with van der Waals surface area (Å²) in [6.07, 6.45) is 3.36. The molecule has 1 saturated heterocycles. The fourth-order valence-corrected chi connectivity index (χ4v) is 3.35. The number of pyridine rings is 1. The van der Waals surface area contributed by atoms with Crippen molar-refractivity contribution in [3.8, 4) is 11.5 Å². The summed E-state index contributed by atoms with van der Waals surface area (Å²) in [6, 6.07) is 5.80. The minimum Gasteiger partial charge on any atom is -0.490 e. The monoisotopic (exact) mass is 344 g/mol. The smallest absolute Gasteiger partial charge is 0.308 e. The third-order valence-electron chi connectivity index (χ3n) is 4.50. The number of aliphatic carboxylic acids is 1. The number of carbonyl (C=O) groups is 1. The van der Waals surface area contributed by atoms with E-state index in [0.717, 1.165) is 36.0 Å². The maximum Gasteiger partial charge on any atom is 0.308 e. The van der Waals surface area contributed by atoms with Gasteiger partial charge in [0, 0.05) is 36.4 Å². The fourth-order valence-electron chi connectivity index (χ4n) is 3.35. The molecule has 2 aromatic rings. The van der Waals surface area contributed by atoms with Crippen molar-refractivity contribution >= 4 is 22.6 Å². The van der Waals surface area contributed by atoms with Gasteiger partial charge in [0.25, 0.3) is 0 Å². The van der Waals surface area contributed by atoms with Crippen LogP contribution in [0.1, 0.15) is 26.7 Å². The quantitative estimate of drug-likeness (QED) is 0.866. The maximum atomic E-state index is 11.4. The summed E-state index contributed by atoms with van der Waals surface area (Å²) >= 11 is 0. The zero-order valence-electron chi connectivity index (χ0n) is 14.7. The Labute approximate surface area is 147 Å². The molecule has 0 radical (unpaired) electrons. The highest BCUT2D eigenvalue weighted by Crippen LogP contribution is 2.37. The molecular weight excluding hydrogens is 320 g/mol. The third kappa shape index (κ3) is 3.62. The topological polar surface area (TPSA) is 71.9 Å². The number of rotatable bonds is 6. The van der Waals surface area contributed by atoms with Crippen LogP contribution in [-0.2, 0) is 4.79 Å². The number of piperidine rings is 1. The highest BCUT2D eigenvalue weighted by Gasteiger charge is 2.26. The number of benzene rings is 1. The number of nitrogens with zero attached hydrogens (tertiary/aromatic N) is 2. The van der Waals surface area contributed by atoms with Crippen LogP contribution < -0.4 is 14.4 Å². The second-order valence-corrected chi connectivity index (χ2v) is 6.14. The van der Waals surface area contributed by atoms with Crippen molar-refractivity contribution in [2.24, 2.45) is 5.92 Å². The van der Waals surface area contributed by atoms with Crippen molar-refractivity contribution in [2.75, 3.05) is 31.2 Å². The molecule has 0 spiro atoms. The van der Waals surface area contributed by atoms with Crippen LogP contribution in [0.4, 0.5) is 5.69 Å². The van der Waals surface area contributed by atoms with E-state index in [9.17, 15) is 9.90 Å². The molecule has 0 aliphatic carbocycles. The van der Waals surface area contributed by atoms with Gasteiger partial charge in [-0.15, -0.1) is 0 Å². The molecule has 134 valence electrons. The Morgan fingerprint density at radius 1 is 1.28 bits per heavy atom. The Hall–Kier alpha value is -2.50. The first kappa shape index (κ1) is 17.3. The van der Waals surface area contributed by atoms with Gasteiger partial charge >= 0.3 is 5.97 Å². The van der Waals surface area contributed by atoms with E-state index < -0.39 is 5.97 Å². The van der Waals surface area contributed by atoms with Gasteiger partial charge in [-0.1, -0.05) is 0 Å². The summed E-state index contributed by atoms with van der Waals surface area (Å²) in [7, 11) is 0. The van der Waals surface area contributed by atoms with E-state index in [2.05, 4.69) is 9.88 Å². The molecule has 25 heavy (non-hydrogen) atoms. The molecule has 1 atom stereocenters. The highest BCUT2D eigenvalue weighted by molar-refractivity contribution is 5.94. The number of fused-ring (bicyclic) bond motifs is 1. The number of aromatic nitrogens is 1. The van der Waals surface area contributed by atoms with Crippen LogP contribution in [0.2, 0.25) is 0 Å². The normalized spacial score (nSPS) is 17.5. The maximum absolute atomic E-state index is 11.4. The zero-order valence-corrected chi connectivity index (χ0v) is 14.7. The molecule has 3 rings (SSSR count). The van der Waals surface area contributed by atoms with Crippen LogP contribution in [-0.4, -0.2) is 42.4 Å². The predicted octanol–water partition coefficient (Wildman–Crippen LogP) is 3.33. The summed E-state index contributed by atoms with van der Waals surface area (Å²) in [5.74, 6) is 0.323. The molecule has 1 aliphatic heterocycles. The number of carboxylic acids is 1. The lowest BCUT2D eigenvalue weighted by Gasteiger charge is -2.33. The second kappa shape index (κ2) is 7.59. The SMILES string of the molecule is CCOc1cc2nccc(N3CCCC(C(=O)O)C3)c2cc1OCC. The average molecular weight is 344 g/mol. The zero-order chi connectivity index (χ0) is 17.8. The fraction of sp³-hybridized carbons (Fsp3) is 0.474. The molecule has 1 N–H and O–H groups in total. The highest BCUT2D eigenvalue weighted by atomic mass is 16.5. The van der Waals surface area contributed by atoms with Crippen molar-refractivity contribution in [2.45, 2.75) is 26.7 Å². The molecule has 1 unspecified atom stereocenters. The van der Waals surface area contributed by atoms with Gasteiger partial charge in [0.2, 0.25) is 0 Å². The van der Waals surface area contributed by atoms with Crippen molar-refractivity contribution in [3.05, 3.63) is 24.4 Å². The summed E-state index contributed by atoms with van der Waals surface area (Å²) in [6.45, 7) is 6.34. The van der Waals surface area contributed by atoms with Gasteiger partial charge in [-0.25, -0.2) is 0 Å². The number of anilines is 1. The molecule has 1 aromatic carbocycles. The van der Waals surface area contributed by atoms with Crippen molar-refractivity contribution < 1.29 is 19.4 Å². The summed E-state index contributed by atoms with van der Waals surface area (Å²) in [5.41, 5.74) is 1.82. The molecule has 0 saturated carbocycles. The lowest BCUT2D eigenvalue weighted by molar-refractivity contribution is -0.141. The number of ether oxygens (including phenoxy) is 2. The van der Waals surface area contributed by atoms with Gasteiger partial charge in [0.05, 0.1) is 24.6 Å². The minimum atomic E-state index is -0.725. The van der Waals surface area contributed by atoms with Crippen molar-refractivity contribution in [1.82, 2.24) is 4.98 Å². The van der Waals surface area contributed by atoms with Crippen molar-refractivity contribution in [1.29, 1.82) is 0 Å². The molecule has 0 bridgehead atoms. The average Bonchev–Trinajstić information content (AvgIpc) is 2.62. The van der Waals surface area contributed by atoms with E-state index in [1.165, 1.54) is 0 Å². The first-order valence-corrected chi connectivity index (χ1v) is 8.80. The van der Waals surface area contributed by atoms with E-state index in [-0.39, 0.29) is 5.92 Å². The van der Waals surface area contributed by atoms with Gasteiger partial charge in [0.1, 0.15) is 0 Å². The molecule has 1 aromatic heterocycles. The van der Waals surface area contributed by atoms with Crippen LogP contribution in [0.3, 0.4) is 0 Å². The van der Waals surface area contributed by atoms with E-state index in [0.29, 0.717) is 31.3 Å². The molecule has 2 heterocycles. The standard InChI is InChI=1S/C19H24N2O4/c1-3-24-17-10-14-15(11-18(17)25-4-2)20-8-7-16(14)21-9-5-6-13(12-21)19(22)23/h7-8,10-11,13H,3-6,9,12H2,1-2H3,(H,22,23). The molecule has 6 nitrogen and oxygen atoms in total. The Morgan fingerprint density at radius 3 is 2.68 bits per heavy atom. The first-order chi connectivity index (χ1) is 12.1. The third-order valence-corrected chi connectivity index (χ3v) is 4.50. The summed E-state index contributed by atoms with van der Waals surface area (Å²) in [4.78, 5) is 18.0. The summed E-state index contributed by atoms with van der Waals surface area (Å²) in [5, 5.41) is 10.3. The van der Waals surface area contributed by atoms with Crippen LogP contribution in [0.15, 0.2) is 24.4 Å². The van der Waals surface area contributed by atoms with Crippen LogP contribution in [0.25, 0.3) is 10.9 Å². The molecular formula is C19H24N2O4.